The summed E-state index contributed by atoms with van der Waals surface area (Å²) in [6.07, 6.45) is 2.85. The number of hydrogen-bond acceptors (Lipinski definition) is 5. The number of benzene rings is 1. The second kappa shape index (κ2) is 7.54. The largest absolute Gasteiger partial charge is 0.496 e. The van der Waals surface area contributed by atoms with Gasteiger partial charge >= 0.3 is 0 Å². The van der Waals surface area contributed by atoms with Crippen LogP contribution >= 0.6 is 0 Å². The van der Waals surface area contributed by atoms with E-state index in [1.165, 1.54) is 0 Å². The van der Waals surface area contributed by atoms with Crippen LogP contribution in [0.3, 0.4) is 0 Å². The van der Waals surface area contributed by atoms with Crippen LogP contribution in [0.15, 0.2) is 36.7 Å². The van der Waals surface area contributed by atoms with E-state index < -0.39 is 5.82 Å². The molecule has 1 N–H and O–H groups in total. The van der Waals surface area contributed by atoms with Crippen LogP contribution < -0.4 is 9.64 Å². The molecule has 2 rings (SSSR count). The first-order valence-corrected chi connectivity index (χ1v) is 6.70. The summed E-state index contributed by atoms with van der Waals surface area (Å²) in [7, 11) is 1.62. The zero-order valence-corrected chi connectivity index (χ0v) is 11.9. The van der Waals surface area contributed by atoms with Crippen molar-refractivity contribution in [2.24, 2.45) is 0 Å². The third-order valence-electron chi connectivity index (χ3n) is 3.03. The number of aliphatic hydroxyl groups excluding tert-OH is 1. The van der Waals surface area contributed by atoms with Gasteiger partial charge in [0.25, 0.3) is 0 Å². The Bertz CT molecular complexity index is 563. The van der Waals surface area contributed by atoms with Gasteiger partial charge in [-0.2, -0.15) is 0 Å². The molecule has 0 saturated carbocycles. The Kier molecular flexibility index (Phi) is 5.45. The van der Waals surface area contributed by atoms with Gasteiger partial charge in [0.15, 0.2) is 5.82 Å². The van der Waals surface area contributed by atoms with Crippen molar-refractivity contribution in [1.29, 1.82) is 0 Å². The lowest BCUT2D eigenvalue weighted by Crippen LogP contribution is -2.26. The first-order chi connectivity index (χ1) is 10.2. The maximum absolute atomic E-state index is 12.9. The van der Waals surface area contributed by atoms with E-state index in [9.17, 15) is 4.39 Å². The number of aromatic nitrogens is 2. The highest BCUT2D eigenvalue weighted by Gasteiger charge is 2.12. The Hall–Kier alpha value is -2.21. The third-order valence-corrected chi connectivity index (χ3v) is 3.03. The topological polar surface area (TPSA) is 58.5 Å². The maximum Gasteiger partial charge on any atom is 0.225 e. The van der Waals surface area contributed by atoms with Crippen molar-refractivity contribution in [3.05, 3.63) is 48.0 Å². The van der Waals surface area contributed by atoms with Crippen molar-refractivity contribution in [3.8, 4) is 5.75 Å². The van der Waals surface area contributed by atoms with Gasteiger partial charge in [-0.3, -0.25) is 0 Å². The zero-order valence-electron chi connectivity index (χ0n) is 11.9. The highest BCUT2D eigenvalue weighted by molar-refractivity contribution is 5.38. The number of halogens is 1. The molecule has 0 aliphatic carbocycles. The predicted octanol–water partition coefficient (Wildman–Crippen LogP) is 2.01. The van der Waals surface area contributed by atoms with Crippen LogP contribution in [0.25, 0.3) is 0 Å². The summed E-state index contributed by atoms with van der Waals surface area (Å²) in [6.45, 7) is 1.17. The van der Waals surface area contributed by atoms with Crippen LogP contribution in [0.2, 0.25) is 0 Å². The minimum Gasteiger partial charge on any atom is -0.496 e. The summed E-state index contributed by atoms with van der Waals surface area (Å²) >= 11 is 0. The summed E-state index contributed by atoms with van der Waals surface area (Å²) in [5.41, 5.74) is 0.978. The van der Waals surface area contributed by atoms with E-state index in [1.807, 2.05) is 29.2 Å². The molecule has 5 nitrogen and oxygen atoms in total. The normalized spacial score (nSPS) is 10.4. The van der Waals surface area contributed by atoms with Crippen LogP contribution in [-0.4, -0.2) is 35.3 Å². The molecular weight excluding hydrogens is 273 g/mol. The zero-order chi connectivity index (χ0) is 15.1. The molecular formula is C15H18FN3O2. The van der Waals surface area contributed by atoms with Gasteiger partial charge in [-0.05, 0) is 12.5 Å². The Morgan fingerprint density at radius 2 is 1.95 bits per heavy atom. The molecule has 1 aromatic heterocycles. The molecule has 1 heterocycles. The fourth-order valence-electron chi connectivity index (χ4n) is 2.02. The second-order valence-corrected chi connectivity index (χ2v) is 4.51. The summed E-state index contributed by atoms with van der Waals surface area (Å²) in [5, 5.41) is 9.02. The molecule has 0 spiro atoms. The van der Waals surface area contributed by atoms with Crippen LogP contribution in [0.1, 0.15) is 12.0 Å². The van der Waals surface area contributed by atoms with Crippen molar-refractivity contribution >= 4 is 5.95 Å². The van der Waals surface area contributed by atoms with Gasteiger partial charge in [-0.15, -0.1) is 0 Å². The lowest BCUT2D eigenvalue weighted by Gasteiger charge is -2.23. The second-order valence-electron chi connectivity index (χ2n) is 4.51. The molecule has 0 atom stereocenters. The monoisotopic (exact) mass is 291 g/mol. The van der Waals surface area contributed by atoms with Crippen LogP contribution in [-0.2, 0) is 6.54 Å². The highest BCUT2D eigenvalue weighted by atomic mass is 19.1. The number of hydrogen-bond donors (Lipinski definition) is 1. The van der Waals surface area contributed by atoms with Crippen LogP contribution in [0.5, 0.6) is 5.75 Å². The average Bonchev–Trinajstić information content (AvgIpc) is 2.52. The molecule has 0 radical (unpaired) electrons. The Labute approximate surface area is 123 Å². The molecule has 0 amide bonds. The number of para-hydroxylation sites is 1. The van der Waals surface area contributed by atoms with Gasteiger partial charge < -0.3 is 14.7 Å². The molecule has 0 aliphatic rings. The Balaban J connectivity index is 2.21. The quantitative estimate of drug-likeness (QED) is 0.845. The van der Waals surface area contributed by atoms with Gasteiger partial charge in [-0.25, -0.2) is 14.4 Å². The minimum atomic E-state index is -0.474. The summed E-state index contributed by atoms with van der Waals surface area (Å²) in [5.74, 6) is 0.725. The SMILES string of the molecule is COc1ccccc1CN(CCCO)c1ncc(F)cn1. The maximum atomic E-state index is 12.9. The Morgan fingerprint density at radius 1 is 1.24 bits per heavy atom. The smallest absolute Gasteiger partial charge is 0.225 e. The lowest BCUT2D eigenvalue weighted by atomic mass is 10.2. The number of anilines is 1. The number of aliphatic hydroxyl groups is 1. The number of rotatable bonds is 7. The van der Waals surface area contributed by atoms with E-state index in [0.717, 1.165) is 23.7 Å². The fraction of sp³-hybridized carbons (Fsp3) is 0.333. The standard InChI is InChI=1S/C15H18FN3O2/c1-21-14-6-3-2-5-12(14)11-19(7-4-8-20)15-17-9-13(16)10-18-15/h2-3,5-6,9-10,20H,4,7-8,11H2,1H3. The van der Waals surface area contributed by atoms with Crippen molar-refractivity contribution in [2.75, 3.05) is 25.2 Å². The predicted molar refractivity (Wildman–Crippen MR) is 77.7 cm³/mol. The molecule has 21 heavy (non-hydrogen) atoms. The van der Waals surface area contributed by atoms with E-state index >= 15 is 0 Å². The molecule has 0 fully saturated rings. The Morgan fingerprint density at radius 3 is 2.62 bits per heavy atom. The van der Waals surface area contributed by atoms with E-state index in [-0.39, 0.29) is 6.61 Å². The van der Waals surface area contributed by atoms with E-state index in [2.05, 4.69) is 9.97 Å². The molecule has 0 aliphatic heterocycles. The van der Waals surface area contributed by atoms with Gasteiger partial charge in [0.2, 0.25) is 5.95 Å². The van der Waals surface area contributed by atoms with Gasteiger partial charge in [0.1, 0.15) is 5.75 Å². The van der Waals surface area contributed by atoms with Crippen molar-refractivity contribution in [2.45, 2.75) is 13.0 Å². The minimum absolute atomic E-state index is 0.0730. The number of nitrogens with zero attached hydrogens (tertiary/aromatic N) is 3. The fourth-order valence-corrected chi connectivity index (χ4v) is 2.02. The molecule has 6 heteroatoms. The molecule has 1 aromatic carbocycles. The van der Waals surface area contributed by atoms with Crippen molar-refractivity contribution in [3.63, 3.8) is 0 Å². The van der Waals surface area contributed by atoms with Gasteiger partial charge in [0, 0.05) is 25.3 Å². The van der Waals surface area contributed by atoms with E-state index in [4.69, 9.17) is 9.84 Å². The lowest BCUT2D eigenvalue weighted by molar-refractivity contribution is 0.289. The van der Waals surface area contributed by atoms with Crippen LogP contribution in [0, 0.1) is 5.82 Å². The molecule has 112 valence electrons. The first-order valence-electron chi connectivity index (χ1n) is 6.70. The van der Waals surface area contributed by atoms with E-state index in [1.54, 1.807) is 7.11 Å². The van der Waals surface area contributed by atoms with Crippen molar-refractivity contribution < 1.29 is 14.2 Å². The van der Waals surface area contributed by atoms with Gasteiger partial charge in [-0.1, -0.05) is 18.2 Å². The summed E-state index contributed by atoms with van der Waals surface area (Å²) < 4.78 is 18.3. The number of ether oxygens (including phenoxy) is 1. The van der Waals surface area contributed by atoms with Crippen molar-refractivity contribution in [1.82, 2.24) is 9.97 Å². The molecule has 2 aromatic rings. The van der Waals surface area contributed by atoms with Crippen LogP contribution in [0.4, 0.5) is 10.3 Å². The van der Waals surface area contributed by atoms with Gasteiger partial charge in [0.05, 0.1) is 19.5 Å². The summed E-state index contributed by atoms with van der Waals surface area (Å²) in [4.78, 5) is 9.88. The number of methoxy groups -OCH3 is 1. The first kappa shape index (κ1) is 15.2. The van der Waals surface area contributed by atoms with E-state index in [0.29, 0.717) is 25.5 Å². The molecule has 0 unspecified atom stereocenters. The average molecular weight is 291 g/mol. The summed E-state index contributed by atoms with van der Waals surface area (Å²) in [6, 6.07) is 7.65. The molecule has 0 bridgehead atoms. The highest BCUT2D eigenvalue weighted by Crippen LogP contribution is 2.21. The molecule has 0 saturated heterocycles. The third kappa shape index (κ3) is 4.13.